The van der Waals surface area contributed by atoms with Gasteiger partial charge in [0.05, 0.1) is 6.10 Å². The molecule has 2 radical (unpaired) electrons. The van der Waals surface area contributed by atoms with Crippen LogP contribution in [0.4, 0.5) is 8.78 Å². The molecule has 84 valence electrons. The van der Waals surface area contributed by atoms with Crippen molar-refractivity contribution in [1.82, 2.24) is 0 Å². The van der Waals surface area contributed by atoms with Gasteiger partial charge in [-0.3, -0.25) is 0 Å². The predicted octanol–water partition coefficient (Wildman–Crippen LogP) is 2.01. The summed E-state index contributed by atoms with van der Waals surface area (Å²) in [5.41, 5.74) is 0.468. The maximum atomic E-state index is 12.1. The summed E-state index contributed by atoms with van der Waals surface area (Å²) >= 11 is 0. The van der Waals surface area contributed by atoms with Crippen molar-refractivity contribution < 1.29 is 18.3 Å². The Labute approximate surface area is 94.0 Å². The summed E-state index contributed by atoms with van der Waals surface area (Å²) in [4.78, 5) is 0. The molecular weight excluding hydrogens is 213 g/mol. The highest BCUT2D eigenvalue weighted by Crippen LogP contribution is 2.32. The number of halogens is 2. The predicted molar refractivity (Wildman–Crippen MR) is 56.7 cm³/mol. The Balaban J connectivity index is 2.14. The Morgan fingerprint density at radius 3 is 2.56 bits per heavy atom. The molecule has 1 aliphatic carbocycles. The quantitative estimate of drug-likeness (QED) is 0.728. The normalized spacial score (nSPS) is 15.9. The number of hydrogen-bond donors (Lipinski definition) is 0. The van der Waals surface area contributed by atoms with Gasteiger partial charge >= 0.3 is 6.61 Å². The van der Waals surface area contributed by atoms with E-state index in [0.717, 1.165) is 19.3 Å². The Bertz CT molecular complexity index is 367. The van der Waals surface area contributed by atoms with Crippen LogP contribution in [-0.4, -0.2) is 20.6 Å². The molecule has 0 heterocycles. The molecule has 1 fully saturated rings. The fourth-order valence-electron chi connectivity index (χ4n) is 1.48. The van der Waals surface area contributed by atoms with Crippen LogP contribution in [0.15, 0.2) is 18.2 Å². The number of ether oxygens (including phenoxy) is 2. The zero-order valence-corrected chi connectivity index (χ0v) is 8.66. The Hall–Kier alpha value is -1.26. The molecular formula is C11H11BF2O2. The maximum Gasteiger partial charge on any atom is 0.387 e. The molecule has 0 unspecified atom stereocenters. The van der Waals surface area contributed by atoms with Crippen molar-refractivity contribution >= 4 is 13.3 Å². The van der Waals surface area contributed by atoms with Crippen molar-refractivity contribution in [3.05, 3.63) is 18.2 Å². The molecule has 1 saturated carbocycles. The molecule has 0 N–H and O–H groups in total. The van der Waals surface area contributed by atoms with Crippen LogP contribution in [0.3, 0.4) is 0 Å². The summed E-state index contributed by atoms with van der Waals surface area (Å²) in [5.74, 6) is 0.334. The van der Waals surface area contributed by atoms with Crippen molar-refractivity contribution in [1.29, 1.82) is 0 Å². The molecule has 1 aromatic carbocycles. The molecule has 0 aliphatic heterocycles. The zero-order chi connectivity index (χ0) is 11.5. The molecule has 0 aromatic heterocycles. The first-order valence-electron chi connectivity index (χ1n) is 5.16. The second kappa shape index (κ2) is 4.72. The highest BCUT2D eigenvalue weighted by Gasteiger charge is 2.21. The lowest BCUT2D eigenvalue weighted by Crippen LogP contribution is -2.25. The summed E-state index contributed by atoms with van der Waals surface area (Å²) in [5, 5.41) is 0. The van der Waals surface area contributed by atoms with Gasteiger partial charge in [-0.25, -0.2) is 0 Å². The van der Waals surface area contributed by atoms with Gasteiger partial charge in [0, 0.05) is 0 Å². The van der Waals surface area contributed by atoms with Crippen LogP contribution in [-0.2, 0) is 0 Å². The Morgan fingerprint density at radius 1 is 1.25 bits per heavy atom. The fraction of sp³-hybridized carbons (Fsp3) is 0.455. The molecule has 5 heteroatoms. The van der Waals surface area contributed by atoms with Gasteiger partial charge in [-0.1, -0.05) is 11.5 Å². The van der Waals surface area contributed by atoms with Crippen molar-refractivity contribution in [2.75, 3.05) is 0 Å². The van der Waals surface area contributed by atoms with E-state index in [1.165, 1.54) is 18.2 Å². The third-order valence-electron chi connectivity index (χ3n) is 2.53. The standard InChI is InChI=1S/C11H11BF2O2/c12-7-4-5-9(16-11(13)14)10(6-7)15-8-2-1-3-8/h4-6,8,11H,1-3H2. The first-order valence-corrected chi connectivity index (χ1v) is 5.16. The summed E-state index contributed by atoms with van der Waals surface area (Å²) in [6, 6.07) is 4.41. The van der Waals surface area contributed by atoms with Gasteiger partial charge in [0.15, 0.2) is 11.5 Å². The van der Waals surface area contributed by atoms with E-state index < -0.39 is 6.61 Å². The summed E-state index contributed by atoms with van der Waals surface area (Å²) in [7, 11) is 5.57. The lowest BCUT2D eigenvalue weighted by molar-refractivity contribution is -0.0526. The van der Waals surface area contributed by atoms with Gasteiger partial charge in [-0.05, 0) is 31.4 Å². The van der Waals surface area contributed by atoms with Crippen LogP contribution in [0, 0.1) is 0 Å². The second-order valence-electron chi connectivity index (χ2n) is 3.76. The number of hydrogen-bond acceptors (Lipinski definition) is 2. The Kier molecular flexibility index (Phi) is 3.32. The van der Waals surface area contributed by atoms with Crippen LogP contribution < -0.4 is 14.9 Å². The van der Waals surface area contributed by atoms with Crippen LogP contribution in [0.5, 0.6) is 11.5 Å². The van der Waals surface area contributed by atoms with E-state index in [2.05, 4.69) is 4.74 Å². The van der Waals surface area contributed by atoms with E-state index in [0.29, 0.717) is 11.2 Å². The van der Waals surface area contributed by atoms with E-state index in [9.17, 15) is 8.78 Å². The largest absolute Gasteiger partial charge is 0.487 e. The molecule has 2 nitrogen and oxygen atoms in total. The van der Waals surface area contributed by atoms with Crippen LogP contribution in [0.1, 0.15) is 19.3 Å². The molecule has 0 amide bonds. The first kappa shape index (κ1) is 11.2. The lowest BCUT2D eigenvalue weighted by atomic mass is 9.94. The van der Waals surface area contributed by atoms with Gasteiger partial charge in [-0.2, -0.15) is 8.78 Å². The van der Waals surface area contributed by atoms with Gasteiger partial charge in [0.25, 0.3) is 0 Å². The maximum absolute atomic E-state index is 12.1. The average Bonchev–Trinajstić information content (AvgIpc) is 2.15. The second-order valence-corrected chi connectivity index (χ2v) is 3.76. The van der Waals surface area contributed by atoms with Gasteiger partial charge in [0.1, 0.15) is 7.85 Å². The third kappa shape index (κ3) is 2.65. The van der Waals surface area contributed by atoms with Crippen LogP contribution >= 0.6 is 0 Å². The number of rotatable bonds is 4. The number of alkyl halides is 2. The zero-order valence-electron chi connectivity index (χ0n) is 8.66. The molecule has 0 atom stereocenters. The average molecular weight is 224 g/mol. The monoisotopic (exact) mass is 224 g/mol. The first-order chi connectivity index (χ1) is 7.65. The minimum Gasteiger partial charge on any atom is -0.487 e. The molecule has 2 rings (SSSR count). The van der Waals surface area contributed by atoms with E-state index in [4.69, 9.17) is 12.6 Å². The molecule has 1 aliphatic rings. The Morgan fingerprint density at radius 2 is 2.00 bits per heavy atom. The molecule has 1 aromatic rings. The topological polar surface area (TPSA) is 18.5 Å². The van der Waals surface area contributed by atoms with E-state index in [-0.39, 0.29) is 11.9 Å². The third-order valence-corrected chi connectivity index (χ3v) is 2.53. The smallest absolute Gasteiger partial charge is 0.387 e. The molecule has 0 spiro atoms. The van der Waals surface area contributed by atoms with Gasteiger partial charge in [0.2, 0.25) is 0 Å². The summed E-state index contributed by atoms with van der Waals surface area (Å²) in [6.07, 6.45) is 3.10. The molecule has 16 heavy (non-hydrogen) atoms. The highest BCUT2D eigenvalue weighted by atomic mass is 19.3. The minimum absolute atomic E-state index is 0.0381. The SMILES string of the molecule is [B]c1ccc(OC(F)F)c(OC2CCC2)c1. The highest BCUT2D eigenvalue weighted by molar-refractivity contribution is 6.32. The lowest BCUT2D eigenvalue weighted by Gasteiger charge is -2.27. The van der Waals surface area contributed by atoms with E-state index in [1.54, 1.807) is 0 Å². The molecule has 0 bridgehead atoms. The van der Waals surface area contributed by atoms with Crippen molar-refractivity contribution in [2.24, 2.45) is 0 Å². The molecule has 0 saturated heterocycles. The summed E-state index contributed by atoms with van der Waals surface area (Å²) in [6.45, 7) is -2.85. The number of benzene rings is 1. The van der Waals surface area contributed by atoms with Gasteiger partial charge < -0.3 is 9.47 Å². The fourth-order valence-corrected chi connectivity index (χ4v) is 1.48. The van der Waals surface area contributed by atoms with E-state index >= 15 is 0 Å². The summed E-state index contributed by atoms with van der Waals surface area (Å²) < 4.78 is 34.1. The van der Waals surface area contributed by atoms with Crippen molar-refractivity contribution in [3.63, 3.8) is 0 Å². The van der Waals surface area contributed by atoms with Gasteiger partial charge in [-0.15, -0.1) is 0 Å². The van der Waals surface area contributed by atoms with Crippen LogP contribution in [0.25, 0.3) is 0 Å². The minimum atomic E-state index is -2.85. The van der Waals surface area contributed by atoms with Crippen molar-refractivity contribution in [3.8, 4) is 11.5 Å². The van der Waals surface area contributed by atoms with Crippen molar-refractivity contribution in [2.45, 2.75) is 32.0 Å². The van der Waals surface area contributed by atoms with E-state index in [1.807, 2.05) is 0 Å². The van der Waals surface area contributed by atoms with Crippen LogP contribution in [0.2, 0.25) is 0 Å².